The van der Waals surface area contributed by atoms with E-state index in [1.807, 2.05) is 43.3 Å². The van der Waals surface area contributed by atoms with E-state index in [9.17, 15) is 22.8 Å². The van der Waals surface area contributed by atoms with E-state index in [2.05, 4.69) is 10.3 Å². The molecule has 1 N–H and O–H groups in total. The molecule has 0 aliphatic carbocycles. The number of amides is 2. The minimum absolute atomic E-state index is 0.0634. The second-order valence-electron chi connectivity index (χ2n) is 9.27. The molecule has 0 radical (unpaired) electrons. The van der Waals surface area contributed by atoms with Crippen molar-refractivity contribution in [2.75, 3.05) is 38.6 Å². The summed E-state index contributed by atoms with van der Waals surface area (Å²) in [5, 5.41) is 2.89. The largest absolute Gasteiger partial charge is 0.472 e. The highest BCUT2D eigenvalue weighted by Gasteiger charge is 2.32. The molecule has 3 aromatic rings. The Hall–Kier alpha value is -4.08. The third-order valence-corrected chi connectivity index (χ3v) is 6.34. The van der Waals surface area contributed by atoms with Crippen LogP contribution in [0.15, 0.2) is 66.9 Å². The number of carbonyl (C=O) groups is 2. The monoisotopic (exact) mass is 526 g/mol. The van der Waals surface area contributed by atoms with Gasteiger partial charge in [0.25, 0.3) is 11.8 Å². The smallest absolute Gasteiger partial charge is 0.417 e. The predicted octanol–water partition coefficient (Wildman–Crippen LogP) is 4.43. The Morgan fingerprint density at radius 3 is 2.39 bits per heavy atom. The van der Waals surface area contributed by atoms with Gasteiger partial charge in [-0.1, -0.05) is 24.3 Å². The van der Waals surface area contributed by atoms with Crippen LogP contribution < -0.4 is 15.0 Å². The number of carbonyl (C=O) groups excluding carboxylic acids is 2. The SMILES string of the molecule is CN(C)c1ccc(CCNC(=O)c2ccccc2C(=O)N2CC[C@H](Oc3ccc(C(F)(F)F)cn3)C2)cc1. The van der Waals surface area contributed by atoms with Crippen molar-refractivity contribution in [3.05, 3.63) is 89.1 Å². The molecule has 10 heteroatoms. The molecule has 1 aliphatic heterocycles. The Morgan fingerprint density at radius 2 is 1.76 bits per heavy atom. The number of rotatable bonds is 8. The number of likely N-dealkylation sites (tertiary alicyclic amines) is 1. The first kappa shape index (κ1) is 27.0. The number of pyridine rings is 1. The number of aromatic nitrogens is 1. The fraction of sp³-hybridized carbons (Fsp3) is 0.321. The van der Waals surface area contributed by atoms with Gasteiger partial charge in [-0.05, 0) is 42.3 Å². The molecule has 0 unspecified atom stereocenters. The molecule has 0 spiro atoms. The second kappa shape index (κ2) is 11.5. The Kier molecular flexibility index (Phi) is 8.19. The minimum atomic E-state index is -4.47. The van der Waals surface area contributed by atoms with Gasteiger partial charge in [0, 0.05) is 51.6 Å². The van der Waals surface area contributed by atoms with Gasteiger partial charge < -0.3 is 19.9 Å². The molecule has 0 saturated carbocycles. The second-order valence-corrected chi connectivity index (χ2v) is 9.27. The van der Waals surface area contributed by atoms with Crippen LogP contribution >= 0.6 is 0 Å². The van der Waals surface area contributed by atoms with Gasteiger partial charge in [-0.25, -0.2) is 4.98 Å². The average Bonchev–Trinajstić information content (AvgIpc) is 3.36. The van der Waals surface area contributed by atoms with Crippen molar-refractivity contribution >= 4 is 17.5 Å². The first-order chi connectivity index (χ1) is 18.1. The van der Waals surface area contributed by atoms with Crippen LogP contribution in [0.5, 0.6) is 5.88 Å². The van der Waals surface area contributed by atoms with Gasteiger partial charge in [0.05, 0.1) is 23.2 Å². The molecule has 4 rings (SSSR count). The van der Waals surface area contributed by atoms with Crippen molar-refractivity contribution in [2.24, 2.45) is 0 Å². The molecule has 200 valence electrons. The van der Waals surface area contributed by atoms with Crippen molar-refractivity contribution in [2.45, 2.75) is 25.1 Å². The highest BCUT2D eigenvalue weighted by molar-refractivity contribution is 6.07. The maximum Gasteiger partial charge on any atom is 0.417 e. The van der Waals surface area contributed by atoms with Crippen LogP contribution in [0.3, 0.4) is 0 Å². The lowest BCUT2D eigenvalue weighted by atomic mass is 10.1. The maximum atomic E-state index is 13.3. The van der Waals surface area contributed by atoms with E-state index in [4.69, 9.17) is 4.74 Å². The average molecular weight is 527 g/mol. The third kappa shape index (κ3) is 6.62. The Balaban J connectivity index is 1.33. The van der Waals surface area contributed by atoms with Gasteiger partial charge >= 0.3 is 6.18 Å². The molecule has 2 aromatic carbocycles. The number of hydrogen-bond donors (Lipinski definition) is 1. The maximum absolute atomic E-state index is 13.3. The highest BCUT2D eigenvalue weighted by Crippen LogP contribution is 2.29. The van der Waals surface area contributed by atoms with E-state index in [1.54, 1.807) is 29.2 Å². The van der Waals surface area contributed by atoms with Crippen LogP contribution in [-0.4, -0.2) is 61.5 Å². The summed E-state index contributed by atoms with van der Waals surface area (Å²) < 4.78 is 43.9. The quantitative estimate of drug-likeness (QED) is 0.470. The molecule has 2 amide bonds. The van der Waals surface area contributed by atoms with E-state index in [0.717, 1.165) is 23.5 Å². The van der Waals surface area contributed by atoms with Crippen molar-refractivity contribution < 1.29 is 27.5 Å². The summed E-state index contributed by atoms with van der Waals surface area (Å²) in [5.41, 5.74) is 1.90. The van der Waals surface area contributed by atoms with Crippen molar-refractivity contribution in [1.82, 2.24) is 15.2 Å². The molecule has 38 heavy (non-hydrogen) atoms. The number of nitrogens with one attached hydrogen (secondary N) is 1. The van der Waals surface area contributed by atoms with E-state index in [1.165, 1.54) is 6.07 Å². The van der Waals surface area contributed by atoms with Crippen LogP contribution in [0.2, 0.25) is 0 Å². The number of ether oxygens (including phenoxy) is 1. The van der Waals surface area contributed by atoms with Crippen LogP contribution in [0, 0.1) is 0 Å². The molecule has 1 aromatic heterocycles. The number of nitrogens with zero attached hydrogens (tertiary/aromatic N) is 3. The Labute approximate surface area is 219 Å². The van der Waals surface area contributed by atoms with E-state index in [-0.39, 0.29) is 35.4 Å². The molecule has 7 nitrogen and oxygen atoms in total. The first-order valence-corrected chi connectivity index (χ1v) is 12.2. The molecule has 1 saturated heterocycles. The molecular formula is C28H29F3N4O3. The number of halogens is 3. The van der Waals surface area contributed by atoms with Crippen LogP contribution in [-0.2, 0) is 12.6 Å². The number of alkyl halides is 3. The zero-order chi connectivity index (χ0) is 27.3. The molecule has 1 fully saturated rings. The van der Waals surface area contributed by atoms with Crippen LogP contribution in [0.1, 0.15) is 38.3 Å². The van der Waals surface area contributed by atoms with Gasteiger partial charge in [0.2, 0.25) is 5.88 Å². The summed E-state index contributed by atoms with van der Waals surface area (Å²) in [6, 6.07) is 16.8. The van der Waals surface area contributed by atoms with Crippen LogP contribution in [0.25, 0.3) is 0 Å². The van der Waals surface area contributed by atoms with Gasteiger partial charge in [-0.15, -0.1) is 0 Å². The zero-order valence-electron chi connectivity index (χ0n) is 21.2. The van der Waals surface area contributed by atoms with Crippen molar-refractivity contribution in [3.63, 3.8) is 0 Å². The summed E-state index contributed by atoms with van der Waals surface area (Å²) in [6.07, 6.45) is -3.02. The molecule has 1 aliphatic rings. The Morgan fingerprint density at radius 1 is 1.05 bits per heavy atom. The zero-order valence-corrected chi connectivity index (χ0v) is 21.2. The Bertz CT molecular complexity index is 1260. The van der Waals surface area contributed by atoms with E-state index < -0.39 is 17.8 Å². The number of benzene rings is 2. The standard InChI is InChI=1S/C28H29F3N4O3/c1-34(2)21-10-7-19(8-11-21)13-15-32-26(36)23-5-3-4-6-24(23)27(37)35-16-14-22(18-35)38-25-12-9-20(17-33-25)28(29,30)31/h3-12,17,22H,13-16,18H2,1-2H3,(H,32,36)/t22-/m0/s1. The fourth-order valence-electron chi connectivity index (χ4n) is 4.21. The summed E-state index contributed by atoms with van der Waals surface area (Å²) in [5.74, 6) is -0.574. The fourth-order valence-corrected chi connectivity index (χ4v) is 4.21. The number of anilines is 1. The lowest BCUT2D eigenvalue weighted by molar-refractivity contribution is -0.137. The molecule has 2 heterocycles. The summed E-state index contributed by atoms with van der Waals surface area (Å²) >= 11 is 0. The van der Waals surface area contributed by atoms with Gasteiger partial charge in [-0.3, -0.25) is 9.59 Å². The third-order valence-electron chi connectivity index (χ3n) is 6.34. The normalized spacial score (nSPS) is 15.3. The summed E-state index contributed by atoms with van der Waals surface area (Å²) in [7, 11) is 3.94. The number of hydrogen-bond acceptors (Lipinski definition) is 5. The van der Waals surface area contributed by atoms with Gasteiger partial charge in [-0.2, -0.15) is 13.2 Å². The van der Waals surface area contributed by atoms with Crippen LogP contribution in [0.4, 0.5) is 18.9 Å². The van der Waals surface area contributed by atoms with E-state index >= 15 is 0 Å². The first-order valence-electron chi connectivity index (χ1n) is 12.2. The van der Waals surface area contributed by atoms with Gasteiger partial charge in [0.1, 0.15) is 6.10 Å². The molecular weight excluding hydrogens is 497 g/mol. The molecule has 1 atom stereocenters. The summed E-state index contributed by atoms with van der Waals surface area (Å²) in [6.45, 7) is 1.05. The lowest BCUT2D eigenvalue weighted by Gasteiger charge is -2.19. The minimum Gasteiger partial charge on any atom is -0.472 e. The highest BCUT2D eigenvalue weighted by atomic mass is 19.4. The predicted molar refractivity (Wildman–Crippen MR) is 137 cm³/mol. The summed E-state index contributed by atoms with van der Waals surface area (Å²) in [4.78, 5) is 33.5. The molecule has 0 bridgehead atoms. The lowest BCUT2D eigenvalue weighted by Crippen LogP contribution is -2.34. The van der Waals surface area contributed by atoms with Gasteiger partial charge in [0.15, 0.2) is 0 Å². The van der Waals surface area contributed by atoms with Crippen molar-refractivity contribution in [3.8, 4) is 5.88 Å². The topological polar surface area (TPSA) is 74.8 Å². The van der Waals surface area contributed by atoms with E-state index in [0.29, 0.717) is 25.9 Å². The van der Waals surface area contributed by atoms with Crippen molar-refractivity contribution in [1.29, 1.82) is 0 Å².